The second kappa shape index (κ2) is 6.80. The molecule has 1 aliphatic heterocycles. The van der Waals surface area contributed by atoms with Gasteiger partial charge < -0.3 is 9.47 Å². The Hall–Kier alpha value is -0.480. The quantitative estimate of drug-likeness (QED) is 0.850. The molecule has 0 spiro atoms. The number of hydrogen-bond donors (Lipinski definition) is 0. The summed E-state index contributed by atoms with van der Waals surface area (Å²) in [7, 11) is 0. The van der Waals surface area contributed by atoms with Crippen molar-refractivity contribution in [3.8, 4) is 5.75 Å². The van der Waals surface area contributed by atoms with Crippen molar-refractivity contribution in [3.63, 3.8) is 0 Å². The molecular formula is C14H19Cl2NO2. The van der Waals surface area contributed by atoms with Gasteiger partial charge in [0, 0.05) is 24.7 Å². The first-order valence-corrected chi connectivity index (χ1v) is 7.26. The highest BCUT2D eigenvalue weighted by atomic mass is 35.5. The molecule has 0 N–H and O–H groups in total. The monoisotopic (exact) mass is 303 g/mol. The maximum absolute atomic E-state index is 6.05. The minimum Gasteiger partial charge on any atom is -0.491 e. The highest BCUT2D eigenvalue weighted by Gasteiger charge is 2.21. The van der Waals surface area contributed by atoms with E-state index in [1.165, 1.54) is 0 Å². The number of ether oxygens (including phenoxy) is 2. The van der Waals surface area contributed by atoms with Crippen molar-refractivity contribution in [2.45, 2.75) is 26.1 Å². The van der Waals surface area contributed by atoms with Crippen LogP contribution in [0.5, 0.6) is 5.75 Å². The van der Waals surface area contributed by atoms with Crippen LogP contribution < -0.4 is 4.74 Å². The highest BCUT2D eigenvalue weighted by Crippen LogP contribution is 2.27. The first-order valence-electron chi connectivity index (χ1n) is 6.50. The first-order chi connectivity index (χ1) is 9.04. The predicted octanol–water partition coefficient (Wildman–Crippen LogP) is 3.48. The molecule has 2 rings (SSSR count). The van der Waals surface area contributed by atoms with Crippen molar-refractivity contribution >= 4 is 23.2 Å². The zero-order valence-corrected chi connectivity index (χ0v) is 12.7. The molecule has 1 aromatic carbocycles. The average molecular weight is 304 g/mol. The third-order valence-corrected chi connectivity index (χ3v) is 3.58. The fraction of sp³-hybridized carbons (Fsp3) is 0.571. The zero-order valence-electron chi connectivity index (χ0n) is 11.2. The fourth-order valence-corrected chi connectivity index (χ4v) is 2.81. The van der Waals surface area contributed by atoms with Crippen LogP contribution in [0.1, 0.15) is 13.8 Å². The van der Waals surface area contributed by atoms with Crippen molar-refractivity contribution in [1.82, 2.24) is 4.90 Å². The number of benzene rings is 1. The molecule has 1 saturated heterocycles. The molecule has 0 saturated carbocycles. The summed E-state index contributed by atoms with van der Waals surface area (Å²) in [5.41, 5.74) is 0. The van der Waals surface area contributed by atoms with Crippen LogP contribution in [0.4, 0.5) is 0 Å². The molecule has 0 aromatic heterocycles. The smallest absolute Gasteiger partial charge is 0.138 e. The molecule has 106 valence electrons. The molecular weight excluding hydrogens is 285 g/mol. The van der Waals surface area contributed by atoms with Gasteiger partial charge in [-0.2, -0.15) is 0 Å². The molecule has 2 atom stereocenters. The number of morpholine rings is 1. The van der Waals surface area contributed by atoms with Gasteiger partial charge in [0.25, 0.3) is 0 Å². The van der Waals surface area contributed by atoms with Crippen LogP contribution in [0.25, 0.3) is 0 Å². The zero-order chi connectivity index (χ0) is 13.8. The third kappa shape index (κ3) is 4.53. The van der Waals surface area contributed by atoms with Crippen LogP contribution in [0.15, 0.2) is 18.2 Å². The second-order valence-electron chi connectivity index (χ2n) is 4.94. The summed E-state index contributed by atoms with van der Waals surface area (Å²) in [6.07, 6.45) is 0.561. The van der Waals surface area contributed by atoms with Gasteiger partial charge in [-0.25, -0.2) is 0 Å². The SMILES string of the molecule is C[C@@H]1CN(CCOc2ccc(Cl)cc2Cl)C[C@H](C)O1. The van der Waals surface area contributed by atoms with Gasteiger partial charge in [0.05, 0.1) is 17.2 Å². The van der Waals surface area contributed by atoms with Gasteiger partial charge in [-0.15, -0.1) is 0 Å². The Morgan fingerprint density at radius 3 is 2.58 bits per heavy atom. The van der Waals surface area contributed by atoms with E-state index in [1.54, 1.807) is 18.2 Å². The van der Waals surface area contributed by atoms with Gasteiger partial charge in [-0.3, -0.25) is 4.90 Å². The van der Waals surface area contributed by atoms with E-state index in [0.29, 0.717) is 22.4 Å². The van der Waals surface area contributed by atoms with E-state index in [9.17, 15) is 0 Å². The predicted molar refractivity (Wildman–Crippen MR) is 78.4 cm³/mol. The standard InChI is InChI=1S/C14H19Cl2NO2/c1-10-8-17(9-11(2)19-10)5-6-18-14-4-3-12(15)7-13(14)16/h3-4,7,10-11H,5-6,8-9H2,1-2H3/t10-,11+. The molecule has 19 heavy (non-hydrogen) atoms. The Bertz CT molecular complexity index is 418. The molecule has 5 heteroatoms. The second-order valence-corrected chi connectivity index (χ2v) is 5.78. The van der Waals surface area contributed by atoms with Crippen molar-refractivity contribution < 1.29 is 9.47 Å². The highest BCUT2D eigenvalue weighted by molar-refractivity contribution is 6.35. The van der Waals surface area contributed by atoms with Crippen LogP contribution in [0.3, 0.4) is 0 Å². The van der Waals surface area contributed by atoms with Gasteiger partial charge in [-0.05, 0) is 32.0 Å². The normalized spacial score (nSPS) is 24.4. The lowest BCUT2D eigenvalue weighted by atomic mass is 10.2. The maximum Gasteiger partial charge on any atom is 0.138 e. The summed E-state index contributed by atoms with van der Waals surface area (Å²) in [5.74, 6) is 0.681. The summed E-state index contributed by atoms with van der Waals surface area (Å²) >= 11 is 11.9. The lowest BCUT2D eigenvalue weighted by molar-refractivity contribution is -0.0699. The lowest BCUT2D eigenvalue weighted by Crippen LogP contribution is -2.46. The number of nitrogens with zero attached hydrogens (tertiary/aromatic N) is 1. The number of halogens is 2. The average Bonchev–Trinajstić information content (AvgIpc) is 2.30. The number of rotatable bonds is 4. The van der Waals surface area contributed by atoms with E-state index < -0.39 is 0 Å². The summed E-state index contributed by atoms with van der Waals surface area (Å²) in [5, 5.41) is 1.17. The van der Waals surface area contributed by atoms with Crippen molar-refractivity contribution in [2.24, 2.45) is 0 Å². The topological polar surface area (TPSA) is 21.7 Å². The summed E-state index contributed by atoms with van der Waals surface area (Å²) in [6, 6.07) is 5.27. The number of hydrogen-bond acceptors (Lipinski definition) is 3. The minimum atomic E-state index is 0.280. The van der Waals surface area contributed by atoms with E-state index >= 15 is 0 Å². The van der Waals surface area contributed by atoms with Crippen molar-refractivity contribution in [1.29, 1.82) is 0 Å². The summed E-state index contributed by atoms with van der Waals surface area (Å²) in [4.78, 5) is 2.35. The Morgan fingerprint density at radius 2 is 1.95 bits per heavy atom. The molecule has 3 nitrogen and oxygen atoms in total. The summed E-state index contributed by atoms with van der Waals surface area (Å²) < 4.78 is 11.4. The Morgan fingerprint density at radius 1 is 1.26 bits per heavy atom. The van der Waals surface area contributed by atoms with Crippen LogP contribution in [0, 0.1) is 0 Å². The lowest BCUT2D eigenvalue weighted by Gasteiger charge is -2.35. The Kier molecular flexibility index (Phi) is 5.34. The van der Waals surface area contributed by atoms with E-state index in [0.717, 1.165) is 19.6 Å². The molecule has 0 radical (unpaired) electrons. The molecule has 1 fully saturated rings. The van der Waals surface area contributed by atoms with E-state index in [1.807, 2.05) is 0 Å². The van der Waals surface area contributed by atoms with E-state index in [-0.39, 0.29) is 12.2 Å². The van der Waals surface area contributed by atoms with Gasteiger partial charge in [0.15, 0.2) is 0 Å². The third-order valence-electron chi connectivity index (χ3n) is 3.05. The molecule has 0 unspecified atom stereocenters. The van der Waals surface area contributed by atoms with E-state index in [4.69, 9.17) is 32.7 Å². The molecule has 1 heterocycles. The molecule has 0 aliphatic carbocycles. The largest absolute Gasteiger partial charge is 0.491 e. The minimum absolute atomic E-state index is 0.280. The summed E-state index contributed by atoms with van der Waals surface area (Å²) in [6.45, 7) is 7.57. The van der Waals surface area contributed by atoms with Gasteiger partial charge in [0.1, 0.15) is 12.4 Å². The molecule has 1 aromatic rings. The van der Waals surface area contributed by atoms with Crippen molar-refractivity contribution in [2.75, 3.05) is 26.2 Å². The van der Waals surface area contributed by atoms with Gasteiger partial charge >= 0.3 is 0 Å². The fourth-order valence-electron chi connectivity index (χ4n) is 2.34. The maximum atomic E-state index is 6.05. The van der Waals surface area contributed by atoms with Crippen LogP contribution in [0.2, 0.25) is 10.0 Å². The Balaban J connectivity index is 1.80. The van der Waals surface area contributed by atoms with Crippen molar-refractivity contribution in [3.05, 3.63) is 28.2 Å². The molecule has 0 bridgehead atoms. The van der Waals surface area contributed by atoms with Crippen LogP contribution >= 0.6 is 23.2 Å². The van der Waals surface area contributed by atoms with Crippen LogP contribution in [-0.4, -0.2) is 43.3 Å². The molecule has 1 aliphatic rings. The van der Waals surface area contributed by atoms with Gasteiger partial charge in [-0.1, -0.05) is 23.2 Å². The first kappa shape index (κ1) is 14.9. The van der Waals surface area contributed by atoms with Gasteiger partial charge in [0.2, 0.25) is 0 Å². The molecule has 0 amide bonds. The van der Waals surface area contributed by atoms with E-state index in [2.05, 4.69) is 18.7 Å². The Labute approximate surface area is 124 Å². The van der Waals surface area contributed by atoms with Crippen LogP contribution in [-0.2, 0) is 4.74 Å².